The predicted molar refractivity (Wildman–Crippen MR) is 130 cm³/mol. The Balaban J connectivity index is 1.58. The second-order valence-electron chi connectivity index (χ2n) is 8.31. The normalized spacial score (nSPS) is 14.9. The summed E-state index contributed by atoms with van der Waals surface area (Å²) in [6.45, 7) is 3.69. The fraction of sp³-hybridized carbons (Fsp3) is 0.440. The van der Waals surface area contributed by atoms with Gasteiger partial charge < -0.3 is 10.6 Å². The van der Waals surface area contributed by atoms with Gasteiger partial charge in [0.15, 0.2) is 0 Å². The van der Waals surface area contributed by atoms with Gasteiger partial charge in [-0.1, -0.05) is 44.0 Å². The highest BCUT2D eigenvalue weighted by molar-refractivity contribution is 7.89. The first-order chi connectivity index (χ1) is 15.9. The Kier molecular flexibility index (Phi) is 9.03. The van der Waals surface area contributed by atoms with Crippen LogP contribution in [0.1, 0.15) is 61.4 Å². The zero-order chi connectivity index (χ0) is 23.7. The van der Waals surface area contributed by atoms with E-state index in [4.69, 9.17) is 0 Å². The monoisotopic (exact) mass is 471 g/mol. The van der Waals surface area contributed by atoms with Gasteiger partial charge in [-0.3, -0.25) is 9.59 Å². The number of para-hydroxylation sites is 1. The standard InChI is InChI=1S/C25H33N3O4S/c1-2-17-26-25(30)22-9-5-6-10-23(22)27-24(29)16-13-20-11-14-21(15-12-20)33(31,32)28-18-7-3-4-8-19-28/h5-6,9-12,14-15H,2-4,7-8,13,16-19H2,1H3,(H,26,30)(H,27,29). The lowest BCUT2D eigenvalue weighted by Gasteiger charge is -2.20. The van der Waals surface area contributed by atoms with Gasteiger partial charge in [0.05, 0.1) is 16.1 Å². The number of carbonyl (C=O) groups is 2. The van der Waals surface area contributed by atoms with E-state index in [1.807, 2.05) is 6.92 Å². The molecule has 0 bridgehead atoms. The number of amides is 2. The molecule has 0 radical (unpaired) electrons. The van der Waals surface area contributed by atoms with Crippen LogP contribution in [-0.2, 0) is 21.2 Å². The van der Waals surface area contributed by atoms with Crippen LogP contribution in [0.5, 0.6) is 0 Å². The molecule has 2 aromatic carbocycles. The van der Waals surface area contributed by atoms with Crippen molar-refractivity contribution >= 4 is 27.5 Å². The number of anilines is 1. The number of carbonyl (C=O) groups excluding carboxylic acids is 2. The van der Waals surface area contributed by atoms with Gasteiger partial charge in [0.2, 0.25) is 15.9 Å². The van der Waals surface area contributed by atoms with E-state index in [2.05, 4.69) is 10.6 Å². The second-order valence-corrected chi connectivity index (χ2v) is 10.2. The summed E-state index contributed by atoms with van der Waals surface area (Å²) < 4.78 is 27.4. The molecule has 0 aromatic heterocycles. The van der Waals surface area contributed by atoms with E-state index in [9.17, 15) is 18.0 Å². The molecule has 0 unspecified atom stereocenters. The molecule has 1 saturated heterocycles. The summed E-state index contributed by atoms with van der Waals surface area (Å²) in [5.41, 5.74) is 1.80. The molecule has 1 aliphatic heterocycles. The molecule has 0 aliphatic carbocycles. The molecule has 1 aliphatic rings. The first-order valence-electron chi connectivity index (χ1n) is 11.7. The van der Waals surface area contributed by atoms with Gasteiger partial charge in [0, 0.05) is 26.1 Å². The number of sulfonamides is 1. The largest absolute Gasteiger partial charge is 0.352 e. The molecule has 7 nitrogen and oxygen atoms in total. The predicted octanol–water partition coefficient (Wildman–Crippen LogP) is 3.96. The Labute approximate surface area is 196 Å². The Bertz CT molecular complexity index is 1040. The maximum absolute atomic E-state index is 12.9. The van der Waals surface area contributed by atoms with Gasteiger partial charge in [-0.15, -0.1) is 0 Å². The number of hydrogen-bond donors (Lipinski definition) is 2. The lowest BCUT2D eigenvalue weighted by Crippen LogP contribution is -2.31. The number of rotatable bonds is 9. The summed E-state index contributed by atoms with van der Waals surface area (Å²) >= 11 is 0. The fourth-order valence-electron chi connectivity index (χ4n) is 3.85. The van der Waals surface area contributed by atoms with E-state index in [0.29, 0.717) is 42.2 Å². The second kappa shape index (κ2) is 12.0. The average Bonchev–Trinajstić information content (AvgIpc) is 3.12. The minimum Gasteiger partial charge on any atom is -0.352 e. The number of aryl methyl sites for hydroxylation is 1. The highest BCUT2D eigenvalue weighted by Gasteiger charge is 2.25. The van der Waals surface area contributed by atoms with Gasteiger partial charge in [-0.2, -0.15) is 4.31 Å². The van der Waals surface area contributed by atoms with Crippen molar-refractivity contribution in [1.29, 1.82) is 0 Å². The number of nitrogens with one attached hydrogen (secondary N) is 2. The summed E-state index contributed by atoms with van der Waals surface area (Å²) in [5, 5.41) is 5.64. The third kappa shape index (κ3) is 6.88. The van der Waals surface area contributed by atoms with E-state index in [1.165, 1.54) is 0 Å². The van der Waals surface area contributed by atoms with Gasteiger partial charge in [0.25, 0.3) is 5.91 Å². The van der Waals surface area contributed by atoms with E-state index in [1.54, 1.807) is 52.8 Å². The summed E-state index contributed by atoms with van der Waals surface area (Å²) in [5.74, 6) is -0.416. The number of hydrogen-bond acceptors (Lipinski definition) is 4. The summed E-state index contributed by atoms with van der Waals surface area (Å²) in [7, 11) is -3.48. The van der Waals surface area contributed by atoms with Crippen molar-refractivity contribution < 1.29 is 18.0 Å². The molecule has 2 N–H and O–H groups in total. The molecule has 1 fully saturated rings. The Morgan fingerprint density at radius 2 is 1.61 bits per heavy atom. The van der Waals surface area contributed by atoms with E-state index in [-0.39, 0.29) is 18.2 Å². The summed E-state index contributed by atoms with van der Waals surface area (Å²) in [4.78, 5) is 25.1. The molecule has 178 valence electrons. The first kappa shape index (κ1) is 24.9. The van der Waals surface area contributed by atoms with E-state index < -0.39 is 10.0 Å². The zero-order valence-corrected chi connectivity index (χ0v) is 20.0. The fourth-order valence-corrected chi connectivity index (χ4v) is 5.37. The average molecular weight is 472 g/mol. The van der Waals surface area contributed by atoms with Crippen LogP contribution in [0.4, 0.5) is 5.69 Å². The van der Waals surface area contributed by atoms with Crippen molar-refractivity contribution in [3.8, 4) is 0 Å². The molecule has 0 saturated carbocycles. The summed E-state index contributed by atoms with van der Waals surface area (Å²) in [6, 6.07) is 13.7. The molecular weight excluding hydrogens is 438 g/mol. The molecule has 2 aromatic rings. The maximum atomic E-state index is 12.9. The van der Waals surface area contributed by atoms with Crippen LogP contribution in [-0.4, -0.2) is 44.2 Å². The first-order valence-corrected chi connectivity index (χ1v) is 13.1. The van der Waals surface area contributed by atoms with Crippen molar-refractivity contribution in [2.45, 2.75) is 56.8 Å². The zero-order valence-electron chi connectivity index (χ0n) is 19.2. The van der Waals surface area contributed by atoms with Crippen molar-refractivity contribution in [1.82, 2.24) is 9.62 Å². The molecule has 0 atom stereocenters. The third-order valence-corrected chi connectivity index (χ3v) is 7.66. The number of benzene rings is 2. The molecule has 2 amide bonds. The molecule has 1 heterocycles. The van der Waals surface area contributed by atoms with Crippen LogP contribution in [0, 0.1) is 0 Å². The van der Waals surface area contributed by atoms with Crippen LogP contribution < -0.4 is 10.6 Å². The summed E-state index contributed by atoms with van der Waals surface area (Å²) in [6.07, 6.45) is 5.47. The van der Waals surface area contributed by atoms with Crippen LogP contribution in [0.15, 0.2) is 53.4 Å². The SMILES string of the molecule is CCCNC(=O)c1ccccc1NC(=O)CCc1ccc(S(=O)(=O)N2CCCCCC2)cc1. The van der Waals surface area contributed by atoms with Crippen LogP contribution >= 0.6 is 0 Å². The lowest BCUT2D eigenvalue weighted by molar-refractivity contribution is -0.116. The van der Waals surface area contributed by atoms with Crippen molar-refractivity contribution in [3.05, 3.63) is 59.7 Å². The highest BCUT2D eigenvalue weighted by atomic mass is 32.2. The highest BCUT2D eigenvalue weighted by Crippen LogP contribution is 2.21. The lowest BCUT2D eigenvalue weighted by atomic mass is 10.1. The maximum Gasteiger partial charge on any atom is 0.253 e. The molecule has 33 heavy (non-hydrogen) atoms. The van der Waals surface area contributed by atoms with Gasteiger partial charge >= 0.3 is 0 Å². The Morgan fingerprint density at radius 3 is 2.27 bits per heavy atom. The van der Waals surface area contributed by atoms with Gasteiger partial charge in [-0.25, -0.2) is 8.42 Å². The molecule has 3 rings (SSSR count). The van der Waals surface area contributed by atoms with E-state index >= 15 is 0 Å². The van der Waals surface area contributed by atoms with Crippen molar-refractivity contribution in [3.63, 3.8) is 0 Å². The van der Waals surface area contributed by atoms with Crippen LogP contribution in [0.2, 0.25) is 0 Å². The van der Waals surface area contributed by atoms with Gasteiger partial charge in [0.1, 0.15) is 0 Å². The van der Waals surface area contributed by atoms with Crippen molar-refractivity contribution in [2.24, 2.45) is 0 Å². The molecule has 8 heteroatoms. The quantitative estimate of drug-likeness (QED) is 0.579. The topological polar surface area (TPSA) is 95.6 Å². The van der Waals surface area contributed by atoms with Gasteiger partial charge in [-0.05, 0) is 55.5 Å². The van der Waals surface area contributed by atoms with Crippen LogP contribution in [0.25, 0.3) is 0 Å². The minimum absolute atomic E-state index is 0.202. The van der Waals surface area contributed by atoms with E-state index in [0.717, 1.165) is 37.7 Å². The smallest absolute Gasteiger partial charge is 0.253 e. The third-order valence-electron chi connectivity index (χ3n) is 5.75. The molecular formula is C25H33N3O4S. The Hall–Kier alpha value is -2.71. The Morgan fingerprint density at radius 1 is 0.939 bits per heavy atom. The van der Waals surface area contributed by atoms with Crippen LogP contribution in [0.3, 0.4) is 0 Å². The minimum atomic E-state index is -3.48. The number of nitrogens with zero attached hydrogens (tertiary/aromatic N) is 1. The van der Waals surface area contributed by atoms with Crippen molar-refractivity contribution in [2.75, 3.05) is 25.0 Å². The molecule has 0 spiro atoms.